The van der Waals surface area contributed by atoms with Crippen molar-refractivity contribution in [2.75, 3.05) is 17.2 Å². The molecule has 1 aliphatic rings. The van der Waals surface area contributed by atoms with E-state index in [1.54, 1.807) is 29.1 Å². The average molecular weight is 588 g/mol. The molecular formula is C32H34ClN5O2S. The molecular weight excluding hydrogens is 554 g/mol. The van der Waals surface area contributed by atoms with Gasteiger partial charge < -0.3 is 5.32 Å². The number of nitrogens with zero attached hydrogens (tertiary/aromatic N) is 4. The van der Waals surface area contributed by atoms with Crippen LogP contribution in [-0.2, 0) is 21.5 Å². The Bertz CT molecular complexity index is 1600. The van der Waals surface area contributed by atoms with Gasteiger partial charge in [-0.1, -0.05) is 56.6 Å². The van der Waals surface area contributed by atoms with Gasteiger partial charge in [-0.15, -0.1) is 11.8 Å². The number of aromatic nitrogens is 3. The van der Waals surface area contributed by atoms with Gasteiger partial charge in [-0.3, -0.25) is 19.5 Å². The first-order chi connectivity index (χ1) is 19.5. The van der Waals surface area contributed by atoms with Gasteiger partial charge in [-0.05, 0) is 66.4 Å². The van der Waals surface area contributed by atoms with Crippen LogP contribution in [0.4, 0.5) is 5.82 Å². The molecule has 0 spiro atoms. The number of hydrogen-bond acceptors (Lipinski definition) is 5. The van der Waals surface area contributed by atoms with Crippen molar-refractivity contribution in [3.8, 4) is 5.69 Å². The largest absolute Gasteiger partial charge is 0.350 e. The molecule has 9 heteroatoms. The van der Waals surface area contributed by atoms with Gasteiger partial charge in [-0.2, -0.15) is 5.10 Å². The highest BCUT2D eigenvalue weighted by molar-refractivity contribution is 8.00. The van der Waals surface area contributed by atoms with Crippen molar-refractivity contribution in [3.63, 3.8) is 0 Å². The number of thioether (sulfide) groups is 1. The van der Waals surface area contributed by atoms with Crippen LogP contribution >= 0.6 is 23.4 Å². The van der Waals surface area contributed by atoms with E-state index < -0.39 is 0 Å². The topological polar surface area (TPSA) is 80.1 Å². The number of nitrogens with one attached hydrogen (secondary N) is 1. The Hall–Kier alpha value is -3.62. The molecule has 0 bridgehead atoms. The molecule has 7 nitrogen and oxygen atoms in total. The summed E-state index contributed by atoms with van der Waals surface area (Å²) >= 11 is 7.99. The molecule has 0 aliphatic carbocycles. The third kappa shape index (κ3) is 6.04. The van der Waals surface area contributed by atoms with E-state index in [4.69, 9.17) is 16.7 Å². The molecule has 4 aromatic rings. The molecule has 2 aromatic carbocycles. The summed E-state index contributed by atoms with van der Waals surface area (Å²) in [6.45, 7) is 10.7. The first-order valence-electron chi connectivity index (χ1n) is 13.6. The van der Waals surface area contributed by atoms with Crippen molar-refractivity contribution in [3.05, 3.63) is 106 Å². The van der Waals surface area contributed by atoms with Crippen molar-refractivity contribution in [2.45, 2.75) is 51.8 Å². The molecule has 0 unspecified atom stereocenters. The molecule has 5 rings (SSSR count). The molecule has 1 atom stereocenters. The van der Waals surface area contributed by atoms with Crippen molar-refractivity contribution < 1.29 is 9.59 Å². The van der Waals surface area contributed by atoms with E-state index in [1.807, 2.05) is 53.2 Å². The highest BCUT2D eigenvalue weighted by Gasteiger charge is 2.40. The summed E-state index contributed by atoms with van der Waals surface area (Å²) in [5.41, 5.74) is 6.45. The summed E-state index contributed by atoms with van der Waals surface area (Å²) in [5.74, 6) is 0.438. The fourth-order valence-corrected chi connectivity index (χ4v) is 6.43. The SMILES string of the molecule is Cc1cccc(-n2nc(C(C)(C)C)c3c2N(CC(=O)NCc2ccncc2)C(=O)CS[C@H]3c2cccc(Cl)c2)c1C. The van der Waals surface area contributed by atoms with Gasteiger partial charge in [0.2, 0.25) is 11.8 Å². The first-order valence-corrected chi connectivity index (χ1v) is 15.0. The van der Waals surface area contributed by atoms with Crippen molar-refractivity contribution >= 4 is 41.0 Å². The highest BCUT2D eigenvalue weighted by atomic mass is 35.5. The second kappa shape index (κ2) is 11.7. The zero-order valence-electron chi connectivity index (χ0n) is 23.9. The van der Waals surface area contributed by atoms with Crippen LogP contribution in [-0.4, -0.2) is 38.9 Å². The Labute approximate surface area is 250 Å². The summed E-state index contributed by atoms with van der Waals surface area (Å²) in [7, 11) is 0. The van der Waals surface area contributed by atoms with Crippen molar-refractivity contribution in [1.29, 1.82) is 0 Å². The fraction of sp³-hybridized carbons (Fsp3) is 0.312. The summed E-state index contributed by atoms with van der Waals surface area (Å²) in [5, 5.41) is 8.60. The third-order valence-corrected chi connectivity index (χ3v) is 8.79. The Balaban J connectivity index is 1.69. The van der Waals surface area contributed by atoms with Gasteiger partial charge >= 0.3 is 0 Å². The molecule has 0 radical (unpaired) electrons. The average Bonchev–Trinajstić information content (AvgIpc) is 3.27. The minimum absolute atomic E-state index is 0.125. The standard InChI is InChI=1S/C32H34ClN5O2S/c1-20-8-6-11-25(21(20)2)38-31-28(30(36-38)32(3,4)5)29(23-9-7-10-24(33)16-23)41-19-27(40)37(31)18-26(39)35-17-22-12-14-34-15-13-22/h6-16,29H,17-19H2,1-5H3,(H,35,39)/t29-/m0/s1. The van der Waals surface area contributed by atoms with Crippen LogP contribution in [0.3, 0.4) is 0 Å². The predicted molar refractivity (Wildman–Crippen MR) is 166 cm³/mol. The van der Waals surface area contributed by atoms with Crippen LogP contribution in [0.5, 0.6) is 0 Å². The van der Waals surface area contributed by atoms with Gasteiger partial charge in [0.1, 0.15) is 12.4 Å². The van der Waals surface area contributed by atoms with E-state index >= 15 is 0 Å². The van der Waals surface area contributed by atoms with Crippen molar-refractivity contribution in [1.82, 2.24) is 20.1 Å². The maximum absolute atomic E-state index is 13.9. The molecule has 1 N–H and O–H groups in total. The van der Waals surface area contributed by atoms with E-state index in [2.05, 4.69) is 51.0 Å². The number of halogens is 1. The lowest BCUT2D eigenvalue weighted by Gasteiger charge is -2.25. The fourth-order valence-electron chi connectivity index (χ4n) is 5.04. The van der Waals surface area contributed by atoms with Gasteiger partial charge in [0, 0.05) is 34.9 Å². The van der Waals surface area contributed by atoms with Gasteiger partial charge in [0.25, 0.3) is 0 Å². The Morgan fingerprint density at radius 1 is 1.10 bits per heavy atom. The van der Waals surface area contributed by atoms with Crippen LogP contribution < -0.4 is 10.2 Å². The van der Waals surface area contributed by atoms with Gasteiger partial charge in [0.05, 0.1) is 22.4 Å². The number of benzene rings is 2. The van der Waals surface area contributed by atoms with Crippen LogP contribution in [0.15, 0.2) is 67.0 Å². The second-order valence-electron chi connectivity index (χ2n) is 11.3. The lowest BCUT2D eigenvalue weighted by Crippen LogP contribution is -2.42. The molecule has 0 saturated heterocycles. The Morgan fingerprint density at radius 2 is 1.83 bits per heavy atom. The maximum Gasteiger partial charge on any atom is 0.240 e. The van der Waals surface area contributed by atoms with Crippen molar-refractivity contribution in [2.24, 2.45) is 0 Å². The second-order valence-corrected chi connectivity index (χ2v) is 12.9. The summed E-state index contributed by atoms with van der Waals surface area (Å²) in [6.07, 6.45) is 3.38. The minimum Gasteiger partial charge on any atom is -0.350 e. The minimum atomic E-state index is -0.340. The quantitative estimate of drug-likeness (QED) is 0.285. The number of rotatable bonds is 6. The lowest BCUT2D eigenvalue weighted by atomic mass is 9.87. The zero-order valence-corrected chi connectivity index (χ0v) is 25.5. The Kier molecular flexibility index (Phi) is 8.25. The monoisotopic (exact) mass is 587 g/mol. The van der Waals surface area contributed by atoms with Crippen LogP contribution in [0, 0.1) is 13.8 Å². The number of hydrogen-bond donors (Lipinski definition) is 1. The number of pyridine rings is 1. The number of carbonyl (C=O) groups is 2. The number of anilines is 1. The smallest absolute Gasteiger partial charge is 0.240 e. The number of amides is 2. The van der Waals surface area contributed by atoms with E-state index in [1.165, 1.54) is 0 Å². The third-order valence-electron chi connectivity index (χ3n) is 7.30. The van der Waals surface area contributed by atoms with Gasteiger partial charge in [-0.25, -0.2) is 4.68 Å². The van der Waals surface area contributed by atoms with E-state index in [0.717, 1.165) is 39.2 Å². The van der Waals surface area contributed by atoms with Crippen LogP contribution in [0.25, 0.3) is 5.69 Å². The van der Waals surface area contributed by atoms with Gasteiger partial charge in [0.15, 0.2) is 0 Å². The molecule has 0 fully saturated rings. The molecule has 3 heterocycles. The summed E-state index contributed by atoms with van der Waals surface area (Å²) < 4.78 is 1.87. The van der Waals surface area contributed by atoms with Crippen LogP contribution in [0.1, 0.15) is 59.5 Å². The predicted octanol–water partition coefficient (Wildman–Crippen LogP) is 6.32. The zero-order chi connectivity index (χ0) is 29.3. The first kappa shape index (κ1) is 28.9. The Morgan fingerprint density at radius 3 is 2.54 bits per heavy atom. The van der Waals surface area contributed by atoms with E-state index in [9.17, 15) is 9.59 Å². The molecule has 41 heavy (non-hydrogen) atoms. The van der Waals surface area contributed by atoms with E-state index in [-0.39, 0.29) is 34.8 Å². The van der Waals surface area contributed by atoms with E-state index in [0.29, 0.717) is 17.4 Å². The maximum atomic E-state index is 13.9. The molecule has 0 saturated carbocycles. The summed E-state index contributed by atoms with van der Waals surface area (Å²) in [6, 6.07) is 17.5. The molecule has 212 valence electrons. The number of fused-ring (bicyclic) bond motifs is 1. The highest BCUT2D eigenvalue weighted by Crippen LogP contribution is 2.48. The summed E-state index contributed by atoms with van der Waals surface area (Å²) in [4.78, 5) is 32.9. The van der Waals surface area contributed by atoms with Crippen LogP contribution in [0.2, 0.25) is 5.02 Å². The molecule has 2 amide bonds. The normalized spacial score (nSPS) is 15.4. The number of carbonyl (C=O) groups excluding carboxylic acids is 2. The molecule has 2 aromatic heterocycles. The molecule has 1 aliphatic heterocycles. The lowest BCUT2D eigenvalue weighted by molar-refractivity contribution is -0.123. The number of aryl methyl sites for hydroxylation is 1.